The summed E-state index contributed by atoms with van der Waals surface area (Å²) in [6, 6.07) is 3.99. The Morgan fingerprint density at radius 1 is 1.47 bits per heavy atom. The van der Waals surface area contributed by atoms with Gasteiger partial charge in [-0.3, -0.25) is 0 Å². The van der Waals surface area contributed by atoms with Crippen molar-refractivity contribution >= 4 is 29.1 Å². The first-order valence-corrected chi connectivity index (χ1v) is 6.15. The van der Waals surface area contributed by atoms with Gasteiger partial charge in [-0.1, -0.05) is 6.92 Å². The normalized spacial score (nSPS) is 12.4. The van der Waals surface area contributed by atoms with E-state index < -0.39 is 0 Å². The van der Waals surface area contributed by atoms with Gasteiger partial charge in [0.05, 0.1) is 5.69 Å². The van der Waals surface area contributed by atoms with Crippen molar-refractivity contribution < 1.29 is 0 Å². The van der Waals surface area contributed by atoms with E-state index in [9.17, 15) is 0 Å². The zero-order valence-corrected chi connectivity index (χ0v) is 9.97. The molecule has 1 unspecified atom stereocenters. The van der Waals surface area contributed by atoms with Crippen LogP contribution in [0.15, 0.2) is 12.1 Å². The Bertz CT molecular complexity index is 316. The van der Waals surface area contributed by atoms with Crippen molar-refractivity contribution in [3.8, 4) is 0 Å². The molecule has 1 aromatic rings. The number of aromatic nitrogens is 1. The molecule has 0 saturated carbocycles. The van der Waals surface area contributed by atoms with Crippen LogP contribution in [0.4, 0.5) is 17.3 Å². The highest BCUT2D eigenvalue weighted by atomic mass is 32.2. The molecular formula is C10H18N4S. The first-order chi connectivity index (χ1) is 7.13. The van der Waals surface area contributed by atoms with E-state index in [4.69, 9.17) is 11.5 Å². The summed E-state index contributed by atoms with van der Waals surface area (Å²) in [7, 11) is 0. The maximum atomic E-state index is 5.62. The van der Waals surface area contributed by atoms with Gasteiger partial charge < -0.3 is 16.8 Å². The molecule has 0 aliphatic heterocycles. The van der Waals surface area contributed by atoms with Crippen LogP contribution >= 0.6 is 11.8 Å². The van der Waals surface area contributed by atoms with Crippen LogP contribution in [0.1, 0.15) is 13.8 Å². The number of hydrogen-bond donors (Lipinski definition) is 3. The zero-order valence-electron chi connectivity index (χ0n) is 9.16. The molecule has 5 N–H and O–H groups in total. The topological polar surface area (TPSA) is 77.0 Å². The van der Waals surface area contributed by atoms with Gasteiger partial charge in [0.1, 0.15) is 11.6 Å². The molecule has 0 radical (unpaired) electrons. The van der Waals surface area contributed by atoms with Crippen LogP contribution in [0.25, 0.3) is 0 Å². The maximum absolute atomic E-state index is 5.62. The van der Waals surface area contributed by atoms with Crippen molar-refractivity contribution in [1.82, 2.24) is 4.98 Å². The van der Waals surface area contributed by atoms with Crippen molar-refractivity contribution in [3.63, 3.8) is 0 Å². The molecule has 5 heteroatoms. The lowest BCUT2D eigenvalue weighted by atomic mass is 10.3. The van der Waals surface area contributed by atoms with Gasteiger partial charge in [0, 0.05) is 11.8 Å². The van der Waals surface area contributed by atoms with Gasteiger partial charge in [-0.05, 0) is 24.8 Å². The second-order valence-electron chi connectivity index (χ2n) is 3.38. The molecule has 0 amide bonds. The summed E-state index contributed by atoms with van der Waals surface area (Å²) in [6.07, 6.45) is 0. The number of nitrogens with one attached hydrogen (secondary N) is 1. The molecule has 1 atom stereocenters. The lowest BCUT2D eigenvalue weighted by molar-refractivity contribution is 0.903. The molecule has 0 aliphatic rings. The maximum Gasteiger partial charge on any atom is 0.149 e. The largest absolute Gasteiger partial charge is 0.396 e. The van der Waals surface area contributed by atoms with E-state index in [2.05, 4.69) is 24.1 Å². The Morgan fingerprint density at radius 2 is 2.20 bits per heavy atom. The first kappa shape index (κ1) is 12.0. The molecule has 84 valence electrons. The summed E-state index contributed by atoms with van der Waals surface area (Å²) in [5.74, 6) is 3.35. The molecule has 1 aromatic heterocycles. The van der Waals surface area contributed by atoms with Crippen LogP contribution in [0.5, 0.6) is 0 Å². The number of hydrogen-bond acceptors (Lipinski definition) is 5. The van der Waals surface area contributed by atoms with Gasteiger partial charge in [-0.15, -0.1) is 0 Å². The third-order valence-electron chi connectivity index (χ3n) is 1.92. The van der Waals surface area contributed by atoms with Crippen LogP contribution in [-0.4, -0.2) is 22.5 Å². The van der Waals surface area contributed by atoms with Gasteiger partial charge in [-0.2, -0.15) is 11.8 Å². The summed E-state index contributed by atoms with van der Waals surface area (Å²) >= 11 is 1.90. The minimum Gasteiger partial charge on any atom is -0.396 e. The quantitative estimate of drug-likeness (QED) is 0.713. The van der Waals surface area contributed by atoms with Crippen LogP contribution in [0.3, 0.4) is 0 Å². The third-order valence-corrected chi connectivity index (χ3v) is 3.07. The third kappa shape index (κ3) is 3.87. The lowest BCUT2D eigenvalue weighted by Gasteiger charge is -2.14. The Morgan fingerprint density at radius 3 is 2.80 bits per heavy atom. The number of anilines is 3. The summed E-state index contributed by atoms with van der Waals surface area (Å²) < 4.78 is 0. The van der Waals surface area contributed by atoms with E-state index in [0.717, 1.165) is 17.3 Å². The molecule has 0 saturated heterocycles. The molecule has 4 nitrogen and oxygen atoms in total. The monoisotopic (exact) mass is 226 g/mol. The molecule has 15 heavy (non-hydrogen) atoms. The summed E-state index contributed by atoms with van der Waals surface area (Å²) in [6.45, 7) is 4.27. The molecule has 0 spiro atoms. The first-order valence-electron chi connectivity index (χ1n) is 4.99. The number of nitrogens with two attached hydrogens (primary N) is 2. The number of thioether (sulfide) groups is 1. The van der Waals surface area contributed by atoms with Crippen molar-refractivity contribution in [2.24, 2.45) is 0 Å². The highest BCUT2D eigenvalue weighted by Gasteiger charge is 2.03. The van der Waals surface area contributed by atoms with E-state index in [0.29, 0.717) is 17.5 Å². The molecular weight excluding hydrogens is 208 g/mol. The van der Waals surface area contributed by atoms with Crippen LogP contribution in [-0.2, 0) is 0 Å². The van der Waals surface area contributed by atoms with Crippen LogP contribution < -0.4 is 16.8 Å². The van der Waals surface area contributed by atoms with Gasteiger partial charge in [0.15, 0.2) is 0 Å². The number of rotatable bonds is 5. The van der Waals surface area contributed by atoms with Crippen molar-refractivity contribution in [1.29, 1.82) is 0 Å². The fraction of sp³-hybridized carbons (Fsp3) is 0.500. The fourth-order valence-corrected chi connectivity index (χ4v) is 1.83. The van der Waals surface area contributed by atoms with E-state index in [-0.39, 0.29) is 0 Å². The standard InChI is InChI=1S/C10H18N4S/c1-3-15-6-7(2)13-9-5-4-8(11)10(12)14-9/h4-5,7H,3,6,11H2,1-2H3,(H3,12,13,14). The highest BCUT2D eigenvalue weighted by Crippen LogP contribution is 2.16. The van der Waals surface area contributed by atoms with Crippen molar-refractivity contribution in [3.05, 3.63) is 12.1 Å². The SMILES string of the molecule is CCSCC(C)Nc1ccc(N)c(N)n1. The van der Waals surface area contributed by atoms with E-state index in [1.54, 1.807) is 6.07 Å². The molecule has 1 rings (SSSR count). The Labute approximate surface area is 94.8 Å². The van der Waals surface area contributed by atoms with Gasteiger partial charge in [0.2, 0.25) is 0 Å². The van der Waals surface area contributed by atoms with Gasteiger partial charge in [-0.25, -0.2) is 4.98 Å². The second-order valence-corrected chi connectivity index (χ2v) is 4.69. The number of nitrogen functional groups attached to an aromatic ring is 2. The fourth-order valence-electron chi connectivity index (χ4n) is 1.15. The average molecular weight is 226 g/mol. The minimum absolute atomic E-state index is 0.380. The highest BCUT2D eigenvalue weighted by molar-refractivity contribution is 7.99. The van der Waals surface area contributed by atoms with E-state index in [1.165, 1.54) is 0 Å². The Kier molecular flexibility index (Phi) is 4.55. The lowest BCUT2D eigenvalue weighted by Crippen LogP contribution is -2.19. The second kappa shape index (κ2) is 5.70. The molecule has 0 aromatic carbocycles. The predicted molar refractivity (Wildman–Crippen MR) is 69.1 cm³/mol. The molecule has 0 aliphatic carbocycles. The number of nitrogens with zero attached hydrogens (tertiary/aromatic N) is 1. The molecule has 0 fully saturated rings. The Hall–Kier alpha value is -1.10. The van der Waals surface area contributed by atoms with E-state index in [1.807, 2.05) is 17.8 Å². The Balaban J connectivity index is 2.53. The van der Waals surface area contributed by atoms with Crippen molar-refractivity contribution in [2.75, 3.05) is 28.3 Å². The van der Waals surface area contributed by atoms with Crippen molar-refractivity contribution in [2.45, 2.75) is 19.9 Å². The zero-order chi connectivity index (χ0) is 11.3. The predicted octanol–water partition coefficient (Wildman–Crippen LogP) is 1.80. The average Bonchev–Trinajstić information content (AvgIpc) is 2.20. The van der Waals surface area contributed by atoms with E-state index >= 15 is 0 Å². The molecule has 0 bridgehead atoms. The molecule has 1 heterocycles. The minimum atomic E-state index is 0.380. The summed E-state index contributed by atoms with van der Waals surface area (Å²) in [5, 5.41) is 3.28. The summed E-state index contributed by atoms with van der Waals surface area (Å²) in [4.78, 5) is 4.15. The van der Waals surface area contributed by atoms with Crippen LogP contribution in [0, 0.1) is 0 Å². The van der Waals surface area contributed by atoms with Crippen LogP contribution in [0.2, 0.25) is 0 Å². The number of pyridine rings is 1. The summed E-state index contributed by atoms with van der Waals surface area (Å²) in [5.41, 5.74) is 11.7. The van der Waals surface area contributed by atoms with Gasteiger partial charge >= 0.3 is 0 Å². The smallest absolute Gasteiger partial charge is 0.149 e. The van der Waals surface area contributed by atoms with Gasteiger partial charge in [0.25, 0.3) is 0 Å².